The van der Waals surface area contributed by atoms with Crippen LogP contribution in [0.15, 0.2) is 24.3 Å². The van der Waals surface area contributed by atoms with Crippen molar-refractivity contribution in [3.63, 3.8) is 0 Å². The molecule has 1 aromatic rings. The van der Waals surface area contributed by atoms with Crippen molar-refractivity contribution in [2.75, 3.05) is 26.2 Å². The number of nitrogens with two attached hydrogens (primary N) is 1. The second kappa shape index (κ2) is 9.70. The first-order valence-electron chi connectivity index (χ1n) is 8.06. The van der Waals surface area contributed by atoms with E-state index in [2.05, 4.69) is 5.32 Å². The van der Waals surface area contributed by atoms with Crippen LogP contribution in [-0.2, 0) is 14.3 Å². The number of nitrogens with one attached hydrogen (secondary N) is 1. The molecular formula is C17H25ClFN3O3. The number of ether oxygens (including phenoxy) is 1. The maximum atomic E-state index is 13.3. The highest BCUT2D eigenvalue weighted by molar-refractivity contribution is 5.87. The van der Waals surface area contributed by atoms with Crippen molar-refractivity contribution < 1.29 is 18.7 Å². The van der Waals surface area contributed by atoms with Gasteiger partial charge in [-0.1, -0.05) is 26.0 Å². The van der Waals surface area contributed by atoms with Crippen LogP contribution >= 0.6 is 12.4 Å². The molecule has 6 nitrogen and oxygen atoms in total. The van der Waals surface area contributed by atoms with Crippen LogP contribution in [0.5, 0.6) is 0 Å². The number of amides is 2. The summed E-state index contributed by atoms with van der Waals surface area (Å²) >= 11 is 0. The van der Waals surface area contributed by atoms with Gasteiger partial charge in [0.15, 0.2) is 0 Å². The molecule has 2 rings (SSSR count). The molecule has 8 heteroatoms. The summed E-state index contributed by atoms with van der Waals surface area (Å²) < 4.78 is 19.0. The van der Waals surface area contributed by atoms with Crippen LogP contribution in [0, 0.1) is 11.7 Å². The quantitative estimate of drug-likeness (QED) is 0.813. The Labute approximate surface area is 153 Å². The van der Waals surface area contributed by atoms with Gasteiger partial charge in [-0.15, -0.1) is 12.4 Å². The van der Waals surface area contributed by atoms with Gasteiger partial charge in [0.05, 0.1) is 25.7 Å². The lowest BCUT2D eigenvalue weighted by Crippen LogP contribution is -2.50. The minimum absolute atomic E-state index is 0. The maximum absolute atomic E-state index is 13.3. The topological polar surface area (TPSA) is 84.7 Å². The van der Waals surface area contributed by atoms with E-state index in [1.165, 1.54) is 12.1 Å². The Morgan fingerprint density at radius 1 is 1.44 bits per heavy atom. The predicted molar refractivity (Wildman–Crippen MR) is 94.7 cm³/mol. The highest BCUT2D eigenvalue weighted by Crippen LogP contribution is 2.22. The number of benzene rings is 1. The zero-order chi connectivity index (χ0) is 17.7. The number of rotatable bonds is 5. The molecule has 1 heterocycles. The molecule has 3 N–H and O–H groups in total. The standard InChI is InChI=1S/C17H24FN3O3.ClH/c1-11(2)16(19)17(23)20-9-15(22)21-6-7-24-14(10-21)12-4-3-5-13(18)8-12;/h3-5,8,11,14,16H,6-7,9-10,19H2,1-2H3,(H,20,23);1H/t14?,16-;/m0./s1. The first-order chi connectivity index (χ1) is 11.4. The molecule has 140 valence electrons. The molecule has 0 spiro atoms. The summed E-state index contributed by atoms with van der Waals surface area (Å²) in [7, 11) is 0. The van der Waals surface area contributed by atoms with Gasteiger partial charge in [0.25, 0.3) is 0 Å². The van der Waals surface area contributed by atoms with Crippen LogP contribution in [0.3, 0.4) is 0 Å². The Balaban J connectivity index is 0.00000312. The number of nitrogens with zero attached hydrogens (tertiary/aromatic N) is 1. The molecule has 2 atom stereocenters. The van der Waals surface area contributed by atoms with E-state index >= 15 is 0 Å². The fraction of sp³-hybridized carbons (Fsp3) is 0.529. The normalized spacial score (nSPS) is 18.4. The van der Waals surface area contributed by atoms with Gasteiger partial charge in [0.1, 0.15) is 11.9 Å². The second-order valence-corrected chi connectivity index (χ2v) is 6.24. The molecule has 0 bridgehead atoms. The number of morpholine rings is 1. The minimum Gasteiger partial charge on any atom is -0.370 e. The summed E-state index contributed by atoms with van der Waals surface area (Å²) in [5.41, 5.74) is 6.44. The summed E-state index contributed by atoms with van der Waals surface area (Å²) in [5, 5.41) is 2.57. The van der Waals surface area contributed by atoms with Crippen LogP contribution in [-0.4, -0.2) is 49.0 Å². The average Bonchev–Trinajstić information content (AvgIpc) is 2.58. The molecule has 1 aromatic carbocycles. The molecule has 25 heavy (non-hydrogen) atoms. The predicted octanol–water partition coefficient (Wildman–Crippen LogP) is 1.25. The molecule has 1 unspecified atom stereocenters. The van der Waals surface area contributed by atoms with Crippen molar-refractivity contribution in [1.82, 2.24) is 10.2 Å². The lowest BCUT2D eigenvalue weighted by Gasteiger charge is -2.33. The van der Waals surface area contributed by atoms with E-state index in [0.29, 0.717) is 25.3 Å². The average molecular weight is 374 g/mol. The van der Waals surface area contributed by atoms with E-state index in [1.807, 2.05) is 13.8 Å². The van der Waals surface area contributed by atoms with Crippen molar-refractivity contribution in [1.29, 1.82) is 0 Å². The van der Waals surface area contributed by atoms with Gasteiger partial charge in [-0.05, 0) is 23.6 Å². The summed E-state index contributed by atoms with van der Waals surface area (Å²) in [6, 6.07) is 5.51. The molecule has 1 fully saturated rings. The highest BCUT2D eigenvalue weighted by atomic mass is 35.5. The zero-order valence-corrected chi connectivity index (χ0v) is 15.2. The molecule has 1 aliphatic rings. The fourth-order valence-electron chi connectivity index (χ4n) is 2.48. The number of hydrogen-bond donors (Lipinski definition) is 2. The van der Waals surface area contributed by atoms with Gasteiger partial charge in [-0.2, -0.15) is 0 Å². The summed E-state index contributed by atoms with van der Waals surface area (Å²) in [6.07, 6.45) is -0.368. The van der Waals surface area contributed by atoms with E-state index in [9.17, 15) is 14.0 Å². The van der Waals surface area contributed by atoms with Crippen molar-refractivity contribution in [2.24, 2.45) is 11.7 Å². The Morgan fingerprint density at radius 3 is 2.80 bits per heavy atom. The highest BCUT2D eigenvalue weighted by Gasteiger charge is 2.26. The lowest BCUT2D eigenvalue weighted by molar-refractivity contribution is -0.139. The van der Waals surface area contributed by atoms with Gasteiger partial charge in [0.2, 0.25) is 11.8 Å². The van der Waals surface area contributed by atoms with Gasteiger partial charge >= 0.3 is 0 Å². The molecule has 0 aliphatic carbocycles. The van der Waals surface area contributed by atoms with Gasteiger partial charge in [-0.25, -0.2) is 4.39 Å². The summed E-state index contributed by atoms with van der Waals surface area (Å²) in [5.74, 6) is -0.882. The maximum Gasteiger partial charge on any atom is 0.242 e. The third-order valence-electron chi connectivity index (χ3n) is 4.07. The van der Waals surface area contributed by atoms with Gasteiger partial charge in [0, 0.05) is 6.54 Å². The first-order valence-corrected chi connectivity index (χ1v) is 8.06. The van der Waals surface area contributed by atoms with Crippen LogP contribution in [0.1, 0.15) is 25.5 Å². The van der Waals surface area contributed by atoms with Gasteiger partial charge in [-0.3, -0.25) is 9.59 Å². The molecule has 1 aliphatic heterocycles. The number of halogens is 2. The van der Waals surface area contributed by atoms with Crippen LogP contribution in [0.4, 0.5) is 4.39 Å². The lowest BCUT2D eigenvalue weighted by atomic mass is 10.1. The number of carbonyl (C=O) groups excluding carboxylic acids is 2. The van der Waals surface area contributed by atoms with Crippen molar-refractivity contribution in [2.45, 2.75) is 26.0 Å². The van der Waals surface area contributed by atoms with Crippen LogP contribution in [0.25, 0.3) is 0 Å². The van der Waals surface area contributed by atoms with E-state index in [4.69, 9.17) is 10.5 Å². The van der Waals surface area contributed by atoms with E-state index in [0.717, 1.165) is 0 Å². The monoisotopic (exact) mass is 373 g/mol. The van der Waals surface area contributed by atoms with Gasteiger partial charge < -0.3 is 20.7 Å². The van der Waals surface area contributed by atoms with Crippen LogP contribution in [0.2, 0.25) is 0 Å². The molecule has 0 saturated carbocycles. The summed E-state index contributed by atoms with van der Waals surface area (Å²) in [4.78, 5) is 25.7. The third kappa shape index (κ3) is 5.95. The third-order valence-corrected chi connectivity index (χ3v) is 4.07. The Hall–Kier alpha value is -1.70. The molecular weight excluding hydrogens is 349 g/mol. The largest absolute Gasteiger partial charge is 0.370 e. The Bertz CT molecular complexity index is 600. The Morgan fingerprint density at radius 2 is 2.16 bits per heavy atom. The smallest absolute Gasteiger partial charge is 0.242 e. The van der Waals surface area contributed by atoms with E-state index in [1.54, 1.807) is 17.0 Å². The first kappa shape index (κ1) is 21.3. The molecule has 1 saturated heterocycles. The minimum atomic E-state index is -0.637. The Kier molecular flexibility index (Phi) is 8.28. The van der Waals surface area contributed by atoms with Crippen LogP contribution < -0.4 is 11.1 Å². The van der Waals surface area contributed by atoms with Crippen molar-refractivity contribution >= 4 is 24.2 Å². The number of hydrogen-bond acceptors (Lipinski definition) is 4. The number of carbonyl (C=O) groups is 2. The zero-order valence-electron chi connectivity index (χ0n) is 14.4. The van der Waals surface area contributed by atoms with E-state index in [-0.39, 0.29) is 48.6 Å². The molecule has 2 amide bonds. The fourth-order valence-corrected chi connectivity index (χ4v) is 2.48. The van der Waals surface area contributed by atoms with E-state index < -0.39 is 6.04 Å². The van der Waals surface area contributed by atoms with Crippen molar-refractivity contribution in [3.8, 4) is 0 Å². The van der Waals surface area contributed by atoms with Crippen molar-refractivity contribution in [3.05, 3.63) is 35.6 Å². The SMILES string of the molecule is CC(C)[C@H](N)C(=O)NCC(=O)N1CCOC(c2cccc(F)c2)C1.Cl. The second-order valence-electron chi connectivity index (χ2n) is 6.24. The molecule has 0 radical (unpaired) electrons. The summed E-state index contributed by atoms with van der Waals surface area (Å²) in [6.45, 7) is 4.72. The molecule has 0 aromatic heterocycles.